The van der Waals surface area contributed by atoms with Gasteiger partial charge in [-0.25, -0.2) is 4.39 Å². The van der Waals surface area contributed by atoms with Crippen LogP contribution in [0.4, 0.5) is 4.39 Å². The summed E-state index contributed by atoms with van der Waals surface area (Å²) in [5.41, 5.74) is 1.20. The molecule has 1 aliphatic heterocycles. The van der Waals surface area contributed by atoms with E-state index in [0.29, 0.717) is 12.0 Å². The standard InChI is InChI=1S/C16H14BrFN2O/c1-21-16-6-12-9-20(10-19-15(12)7-14(16)18)8-11-2-4-13(17)5-3-11/h2-7,9H,8,10H2,1H3. The summed E-state index contributed by atoms with van der Waals surface area (Å²) in [6.07, 6.45) is 1.99. The van der Waals surface area contributed by atoms with Gasteiger partial charge in [0.25, 0.3) is 0 Å². The van der Waals surface area contributed by atoms with Gasteiger partial charge in [-0.05, 0) is 23.8 Å². The van der Waals surface area contributed by atoms with Crippen molar-refractivity contribution in [2.24, 2.45) is 4.99 Å². The highest BCUT2D eigenvalue weighted by Gasteiger charge is 2.09. The molecule has 108 valence electrons. The second-order valence-corrected chi connectivity index (χ2v) is 5.76. The summed E-state index contributed by atoms with van der Waals surface area (Å²) in [6, 6.07) is 11.3. The van der Waals surface area contributed by atoms with E-state index >= 15 is 0 Å². The molecule has 21 heavy (non-hydrogen) atoms. The summed E-state index contributed by atoms with van der Waals surface area (Å²) >= 11 is 3.43. The smallest absolute Gasteiger partial charge is 0.167 e. The lowest BCUT2D eigenvalue weighted by molar-refractivity contribution is 0.382. The topological polar surface area (TPSA) is 24.8 Å². The van der Waals surface area contributed by atoms with Crippen LogP contribution in [-0.2, 0) is 6.54 Å². The number of halogens is 2. The minimum absolute atomic E-state index is 0.241. The van der Waals surface area contributed by atoms with E-state index in [0.717, 1.165) is 16.2 Å². The molecule has 3 rings (SSSR count). The van der Waals surface area contributed by atoms with Crippen LogP contribution in [0, 0.1) is 5.82 Å². The summed E-state index contributed by atoms with van der Waals surface area (Å²) in [7, 11) is 1.46. The second kappa shape index (κ2) is 5.85. The van der Waals surface area contributed by atoms with Gasteiger partial charge in [0.05, 0.1) is 12.5 Å². The molecule has 0 amide bonds. The molecule has 0 aliphatic carbocycles. The Kier molecular flexibility index (Phi) is 3.92. The van der Waals surface area contributed by atoms with Crippen LogP contribution in [0.2, 0.25) is 0 Å². The van der Waals surface area contributed by atoms with Crippen molar-refractivity contribution >= 4 is 22.1 Å². The average molecular weight is 349 g/mol. The molecule has 0 atom stereocenters. The van der Waals surface area contributed by atoms with Crippen molar-refractivity contribution in [2.45, 2.75) is 6.54 Å². The maximum atomic E-state index is 13.6. The van der Waals surface area contributed by atoms with E-state index in [-0.39, 0.29) is 11.6 Å². The molecular formula is C16H14BrFN2O. The molecule has 3 nitrogen and oxygen atoms in total. The number of fused-ring (bicyclic) bond motifs is 1. The van der Waals surface area contributed by atoms with Gasteiger partial charge in [-0.3, -0.25) is 4.99 Å². The highest BCUT2D eigenvalue weighted by atomic mass is 79.9. The van der Waals surface area contributed by atoms with Crippen molar-refractivity contribution in [3.63, 3.8) is 0 Å². The number of benzene rings is 2. The van der Waals surface area contributed by atoms with Crippen LogP contribution < -0.4 is 15.3 Å². The molecule has 0 unspecified atom stereocenters. The maximum absolute atomic E-state index is 13.6. The zero-order valence-corrected chi connectivity index (χ0v) is 13.1. The molecule has 2 aromatic carbocycles. The fourth-order valence-electron chi connectivity index (χ4n) is 2.28. The molecule has 0 bridgehead atoms. The fraction of sp³-hybridized carbons (Fsp3) is 0.188. The number of rotatable bonds is 3. The molecule has 5 heteroatoms. The van der Waals surface area contributed by atoms with Gasteiger partial charge in [-0.15, -0.1) is 0 Å². The summed E-state index contributed by atoms with van der Waals surface area (Å²) in [4.78, 5) is 6.50. The molecule has 0 N–H and O–H groups in total. The van der Waals surface area contributed by atoms with Crippen LogP contribution in [0.5, 0.6) is 5.75 Å². The van der Waals surface area contributed by atoms with Crippen molar-refractivity contribution < 1.29 is 9.13 Å². The van der Waals surface area contributed by atoms with Gasteiger partial charge >= 0.3 is 0 Å². The quantitative estimate of drug-likeness (QED) is 0.850. The average Bonchev–Trinajstić information content (AvgIpc) is 2.49. The highest BCUT2D eigenvalue weighted by molar-refractivity contribution is 9.10. The molecule has 0 saturated heterocycles. The van der Waals surface area contributed by atoms with Crippen LogP contribution in [0.15, 0.2) is 45.9 Å². The highest BCUT2D eigenvalue weighted by Crippen LogP contribution is 2.14. The monoisotopic (exact) mass is 348 g/mol. The molecule has 2 aromatic rings. The minimum Gasteiger partial charge on any atom is -0.494 e. The van der Waals surface area contributed by atoms with Gasteiger partial charge in [0.15, 0.2) is 11.6 Å². The summed E-state index contributed by atoms with van der Waals surface area (Å²) < 4.78 is 19.7. The van der Waals surface area contributed by atoms with Crippen LogP contribution in [-0.4, -0.2) is 18.7 Å². The Hall–Kier alpha value is -1.88. The molecular weight excluding hydrogens is 335 g/mol. The van der Waals surface area contributed by atoms with Gasteiger partial charge in [0.1, 0.15) is 6.67 Å². The Balaban J connectivity index is 1.89. The summed E-state index contributed by atoms with van der Waals surface area (Å²) in [6.45, 7) is 1.28. The zero-order chi connectivity index (χ0) is 14.8. The third kappa shape index (κ3) is 3.08. The van der Waals surface area contributed by atoms with Crippen LogP contribution in [0.3, 0.4) is 0 Å². The van der Waals surface area contributed by atoms with Crippen LogP contribution in [0.1, 0.15) is 5.56 Å². The van der Waals surface area contributed by atoms with Crippen molar-refractivity contribution in [1.82, 2.24) is 4.90 Å². The van der Waals surface area contributed by atoms with Crippen molar-refractivity contribution in [3.05, 3.63) is 62.8 Å². The Bertz CT molecular complexity index is 774. The summed E-state index contributed by atoms with van der Waals surface area (Å²) in [5.74, 6) is -0.138. The molecule has 0 aromatic heterocycles. The Morgan fingerprint density at radius 2 is 2.05 bits per heavy atom. The fourth-order valence-corrected chi connectivity index (χ4v) is 2.54. The predicted octanol–water partition coefficient (Wildman–Crippen LogP) is 2.43. The number of hydrogen-bond acceptors (Lipinski definition) is 3. The molecule has 0 radical (unpaired) electrons. The third-order valence-electron chi connectivity index (χ3n) is 3.34. The Labute approximate surface area is 130 Å². The van der Waals surface area contributed by atoms with E-state index in [9.17, 15) is 4.39 Å². The number of nitrogens with zero attached hydrogens (tertiary/aromatic N) is 2. The SMILES string of the molecule is COc1cc2c(cc1F)=NCN(Cc1ccc(Br)cc1)C=2. The van der Waals surface area contributed by atoms with Gasteiger partial charge in [0.2, 0.25) is 0 Å². The first-order valence-corrected chi connectivity index (χ1v) is 7.33. The first-order valence-electron chi connectivity index (χ1n) is 6.54. The van der Waals surface area contributed by atoms with Gasteiger partial charge < -0.3 is 9.64 Å². The predicted molar refractivity (Wildman–Crippen MR) is 82.8 cm³/mol. The molecule has 0 saturated carbocycles. The van der Waals surface area contributed by atoms with E-state index in [2.05, 4.69) is 38.0 Å². The second-order valence-electron chi connectivity index (χ2n) is 4.85. The zero-order valence-electron chi connectivity index (χ0n) is 11.5. The van der Waals surface area contributed by atoms with Crippen LogP contribution >= 0.6 is 15.9 Å². The molecule has 1 aliphatic rings. The largest absolute Gasteiger partial charge is 0.494 e. The van der Waals surface area contributed by atoms with Crippen molar-refractivity contribution in [3.8, 4) is 5.75 Å². The molecule has 0 spiro atoms. The van der Waals surface area contributed by atoms with Crippen molar-refractivity contribution in [2.75, 3.05) is 13.8 Å². The number of ether oxygens (including phenoxy) is 1. The van der Waals surface area contributed by atoms with E-state index in [1.807, 2.05) is 18.3 Å². The van der Waals surface area contributed by atoms with Gasteiger partial charge in [0, 0.05) is 28.5 Å². The van der Waals surface area contributed by atoms with E-state index in [1.54, 1.807) is 6.07 Å². The first kappa shape index (κ1) is 14.1. The molecule has 1 heterocycles. The Morgan fingerprint density at radius 1 is 1.29 bits per heavy atom. The lowest BCUT2D eigenvalue weighted by Gasteiger charge is -2.21. The number of methoxy groups -OCH3 is 1. The lowest BCUT2D eigenvalue weighted by Crippen LogP contribution is -2.36. The summed E-state index contributed by atoms with van der Waals surface area (Å²) in [5, 5.41) is 1.54. The van der Waals surface area contributed by atoms with Gasteiger partial charge in [-0.1, -0.05) is 28.1 Å². The van der Waals surface area contributed by atoms with Crippen LogP contribution in [0.25, 0.3) is 6.20 Å². The van der Waals surface area contributed by atoms with E-state index in [1.165, 1.54) is 18.7 Å². The maximum Gasteiger partial charge on any atom is 0.167 e. The lowest BCUT2D eigenvalue weighted by atomic mass is 10.2. The van der Waals surface area contributed by atoms with E-state index in [4.69, 9.17) is 4.74 Å². The third-order valence-corrected chi connectivity index (χ3v) is 3.87. The Morgan fingerprint density at radius 3 is 2.76 bits per heavy atom. The first-order chi connectivity index (χ1) is 10.2. The van der Waals surface area contributed by atoms with Gasteiger partial charge in [-0.2, -0.15) is 0 Å². The molecule has 0 fully saturated rings. The van der Waals surface area contributed by atoms with Crippen molar-refractivity contribution in [1.29, 1.82) is 0 Å². The number of hydrogen-bond donors (Lipinski definition) is 0. The minimum atomic E-state index is -0.380. The van der Waals surface area contributed by atoms with E-state index < -0.39 is 0 Å². The normalized spacial score (nSPS) is 13.2.